The van der Waals surface area contributed by atoms with Gasteiger partial charge in [0.1, 0.15) is 11.5 Å². The van der Waals surface area contributed by atoms with Crippen molar-refractivity contribution < 1.29 is 5.11 Å². The van der Waals surface area contributed by atoms with Gasteiger partial charge in [-0.15, -0.1) is 0 Å². The highest BCUT2D eigenvalue weighted by Crippen LogP contribution is 2.36. The van der Waals surface area contributed by atoms with E-state index in [0.717, 1.165) is 36.1 Å². The molecule has 4 aromatic heterocycles. The van der Waals surface area contributed by atoms with Crippen LogP contribution >= 0.6 is 0 Å². The van der Waals surface area contributed by atoms with Crippen LogP contribution < -0.4 is 5.69 Å². The Labute approximate surface area is 172 Å². The standard InChI is InChI=1S/C21H23N7O2/c29-11-2-1-10-26-13-16(20-23-7-3-8-24-20)25-19(26)14-27-18-12-22-9-6-17(18)28(21(27)30)15-4-5-15/h3,6-9,12-13,15,29H,1-2,4-5,10-11,14H2. The fourth-order valence-electron chi connectivity index (χ4n) is 3.81. The quantitative estimate of drug-likeness (QED) is 0.450. The van der Waals surface area contributed by atoms with Gasteiger partial charge in [-0.3, -0.25) is 14.1 Å². The van der Waals surface area contributed by atoms with E-state index in [-0.39, 0.29) is 18.3 Å². The average molecular weight is 405 g/mol. The highest BCUT2D eigenvalue weighted by molar-refractivity contribution is 5.75. The molecule has 9 heteroatoms. The van der Waals surface area contributed by atoms with Crippen molar-refractivity contribution in [1.29, 1.82) is 0 Å². The number of unbranched alkanes of at least 4 members (excludes halogenated alkanes) is 1. The number of imidazole rings is 2. The summed E-state index contributed by atoms with van der Waals surface area (Å²) in [5.74, 6) is 1.31. The number of hydrogen-bond acceptors (Lipinski definition) is 6. The van der Waals surface area contributed by atoms with E-state index >= 15 is 0 Å². The number of aromatic nitrogens is 7. The Kier molecular flexibility index (Phi) is 4.88. The van der Waals surface area contributed by atoms with Crippen LogP contribution in [0.15, 0.2) is 47.9 Å². The molecule has 30 heavy (non-hydrogen) atoms. The minimum atomic E-state index is -0.0251. The van der Waals surface area contributed by atoms with Gasteiger partial charge in [-0.05, 0) is 37.8 Å². The maximum absolute atomic E-state index is 13.2. The summed E-state index contributed by atoms with van der Waals surface area (Å²) in [6, 6.07) is 3.95. The first-order chi connectivity index (χ1) is 14.8. The van der Waals surface area contributed by atoms with Crippen LogP contribution in [0, 0.1) is 0 Å². The minimum Gasteiger partial charge on any atom is -0.396 e. The molecule has 0 bridgehead atoms. The van der Waals surface area contributed by atoms with E-state index in [0.29, 0.717) is 31.0 Å². The van der Waals surface area contributed by atoms with E-state index < -0.39 is 0 Å². The molecule has 0 saturated heterocycles. The van der Waals surface area contributed by atoms with Crippen LogP contribution in [0.25, 0.3) is 22.6 Å². The zero-order valence-electron chi connectivity index (χ0n) is 16.6. The van der Waals surface area contributed by atoms with E-state index in [4.69, 9.17) is 10.1 Å². The third-order valence-electron chi connectivity index (χ3n) is 5.44. The molecule has 0 radical (unpaired) electrons. The van der Waals surface area contributed by atoms with Crippen molar-refractivity contribution in [1.82, 2.24) is 33.6 Å². The molecule has 154 valence electrons. The fourth-order valence-corrected chi connectivity index (χ4v) is 3.81. The number of nitrogens with zero attached hydrogens (tertiary/aromatic N) is 7. The molecule has 5 rings (SSSR count). The third kappa shape index (κ3) is 3.41. The molecule has 0 spiro atoms. The van der Waals surface area contributed by atoms with Crippen LogP contribution in [0.5, 0.6) is 0 Å². The summed E-state index contributed by atoms with van der Waals surface area (Å²) < 4.78 is 5.67. The summed E-state index contributed by atoms with van der Waals surface area (Å²) in [6.45, 7) is 1.19. The van der Waals surface area contributed by atoms with E-state index in [9.17, 15) is 4.79 Å². The number of aliphatic hydroxyl groups excluding tert-OH is 1. The van der Waals surface area contributed by atoms with Gasteiger partial charge in [0, 0.05) is 44.0 Å². The fraction of sp³-hybridized carbons (Fsp3) is 0.381. The second-order valence-corrected chi connectivity index (χ2v) is 7.57. The normalized spacial score (nSPS) is 13.9. The maximum atomic E-state index is 13.2. The Morgan fingerprint density at radius 3 is 2.70 bits per heavy atom. The molecule has 1 aliphatic carbocycles. The first-order valence-electron chi connectivity index (χ1n) is 10.3. The smallest absolute Gasteiger partial charge is 0.329 e. The summed E-state index contributed by atoms with van der Waals surface area (Å²) >= 11 is 0. The van der Waals surface area contributed by atoms with Gasteiger partial charge in [-0.1, -0.05) is 0 Å². The lowest BCUT2D eigenvalue weighted by Gasteiger charge is -2.08. The Morgan fingerprint density at radius 1 is 1.10 bits per heavy atom. The van der Waals surface area contributed by atoms with Crippen molar-refractivity contribution in [2.24, 2.45) is 0 Å². The molecule has 0 aliphatic heterocycles. The van der Waals surface area contributed by atoms with E-state index in [1.165, 1.54) is 0 Å². The highest BCUT2D eigenvalue weighted by atomic mass is 16.3. The summed E-state index contributed by atoms with van der Waals surface area (Å²) in [7, 11) is 0. The zero-order valence-corrected chi connectivity index (χ0v) is 16.6. The minimum absolute atomic E-state index is 0.0251. The second-order valence-electron chi connectivity index (χ2n) is 7.57. The molecule has 4 heterocycles. The lowest BCUT2D eigenvalue weighted by molar-refractivity contribution is 0.281. The van der Waals surface area contributed by atoms with Gasteiger partial charge in [-0.2, -0.15) is 0 Å². The lowest BCUT2D eigenvalue weighted by atomic mass is 10.3. The number of aryl methyl sites for hydroxylation is 1. The molecular formula is C21H23N7O2. The van der Waals surface area contributed by atoms with Gasteiger partial charge in [0.25, 0.3) is 0 Å². The van der Waals surface area contributed by atoms with Crippen LogP contribution in [0.2, 0.25) is 0 Å². The van der Waals surface area contributed by atoms with Gasteiger partial charge in [0.2, 0.25) is 0 Å². The van der Waals surface area contributed by atoms with Crippen LogP contribution in [0.4, 0.5) is 0 Å². The largest absolute Gasteiger partial charge is 0.396 e. The SMILES string of the molecule is O=c1n(Cc2nc(-c3ncccn3)cn2CCCCO)c2cnccc2n1C1CC1. The monoisotopic (exact) mass is 405 g/mol. The van der Waals surface area contributed by atoms with Crippen molar-refractivity contribution >= 4 is 11.0 Å². The molecule has 0 atom stereocenters. The topological polar surface area (TPSA) is 104 Å². The number of pyridine rings is 1. The van der Waals surface area contributed by atoms with Crippen molar-refractivity contribution in [2.45, 2.75) is 44.8 Å². The lowest BCUT2D eigenvalue weighted by Crippen LogP contribution is -2.25. The summed E-state index contributed by atoms with van der Waals surface area (Å²) in [5, 5.41) is 9.15. The Bertz CT molecular complexity index is 1220. The number of aliphatic hydroxyl groups is 1. The molecule has 1 saturated carbocycles. The van der Waals surface area contributed by atoms with Crippen LogP contribution in [0.1, 0.15) is 37.5 Å². The number of fused-ring (bicyclic) bond motifs is 1. The molecule has 1 aliphatic rings. The van der Waals surface area contributed by atoms with E-state index in [2.05, 4.69) is 15.0 Å². The van der Waals surface area contributed by atoms with Gasteiger partial charge in [-0.25, -0.2) is 19.7 Å². The molecule has 1 N–H and O–H groups in total. The number of hydrogen-bond donors (Lipinski definition) is 1. The third-order valence-corrected chi connectivity index (χ3v) is 5.44. The molecule has 9 nitrogen and oxygen atoms in total. The summed E-state index contributed by atoms with van der Waals surface area (Å²) in [4.78, 5) is 30.8. The van der Waals surface area contributed by atoms with E-state index in [1.54, 1.807) is 35.4 Å². The molecule has 0 amide bonds. The highest BCUT2D eigenvalue weighted by Gasteiger charge is 2.29. The second kappa shape index (κ2) is 7.83. The Balaban J connectivity index is 1.56. The first kappa shape index (κ1) is 18.7. The van der Waals surface area contributed by atoms with Gasteiger partial charge < -0.3 is 9.67 Å². The van der Waals surface area contributed by atoms with Crippen molar-refractivity contribution in [2.75, 3.05) is 6.61 Å². The average Bonchev–Trinajstić information content (AvgIpc) is 3.47. The van der Waals surface area contributed by atoms with Gasteiger partial charge >= 0.3 is 5.69 Å². The number of rotatable bonds is 8. The van der Waals surface area contributed by atoms with Crippen LogP contribution in [-0.2, 0) is 13.1 Å². The Hall–Kier alpha value is -3.33. The van der Waals surface area contributed by atoms with Crippen molar-refractivity contribution in [3.8, 4) is 11.5 Å². The molecule has 0 aromatic carbocycles. The molecule has 1 fully saturated rings. The zero-order chi connectivity index (χ0) is 20.5. The first-order valence-corrected chi connectivity index (χ1v) is 10.3. The van der Waals surface area contributed by atoms with Crippen molar-refractivity contribution in [3.63, 3.8) is 0 Å². The molecule has 4 aromatic rings. The van der Waals surface area contributed by atoms with Crippen molar-refractivity contribution in [3.05, 3.63) is 59.4 Å². The van der Waals surface area contributed by atoms with Gasteiger partial charge in [0.05, 0.1) is 23.8 Å². The predicted molar refractivity (Wildman–Crippen MR) is 111 cm³/mol. The summed E-state index contributed by atoms with van der Waals surface area (Å²) in [5.41, 5.74) is 2.38. The van der Waals surface area contributed by atoms with E-state index in [1.807, 2.05) is 21.4 Å². The van der Waals surface area contributed by atoms with Gasteiger partial charge in [0.15, 0.2) is 5.82 Å². The van der Waals surface area contributed by atoms with Crippen LogP contribution in [0.3, 0.4) is 0 Å². The Morgan fingerprint density at radius 2 is 1.93 bits per heavy atom. The molecular weight excluding hydrogens is 382 g/mol. The maximum Gasteiger partial charge on any atom is 0.329 e. The predicted octanol–water partition coefficient (Wildman–Crippen LogP) is 2.01. The summed E-state index contributed by atoms with van der Waals surface area (Å²) in [6.07, 6.45) is 12.4. The van der Waals surface area contributed by atoms with Crippen LogP contribution in [-0.4, -0.2) is 45.4 Å². The molecule has 0 unspecified atom stereocenters.